The molecule has 5 nitrogen and oxygen atoms in total. The molecule has 0 aliphatic heterocycles. The minimum Gasteiger partial charge on any atom is -0.469 e. The second kappa shape index (κ2) is 10.2. The van der Waals surface area contributed by atoms with Crippen molar-refractivity contribution in [2.24, 2.45) is 4.99 Å². The first-order valence-electron chi connectivity index (χ1n) is 6.60. The Bertz CT molecular complexity index is 361. The maximum atomic E-state index is 5.27. The van der Waals surface area contributed by atoms with Crippen LogP contribution in [0.1, 0.15) is 12.7 Å². The van der Waals surface area contributed by atoms with Gasteiger partial charge in [-0.3, -0.25) is 4.99 Å². The normalized spacial score (nSPS) is 11.3. The van der Waals surface area contributed by atoms with E-state index in [4.69, 9.17) is 9.15 Å². The highest BCUT2D eigenvalue weighted by atomic mass is 16.5. The van der Waals surface area contributed by atoms with Crippen LogP contribution in [0.3, 0.4) is 0 Å². The smallest absolute Gasteiger partial charge is 0.191 e. The van der Waals surface area contributed by atoms with Crippen LogP contribution in [0, 0.1) is 0 Å². The molecule has 0 aromatic carbocycles. The summed E-state index contributed by atoms with van der Waals surface area (Å²) in [6.07, 6.45) is 4.31. The van der Waals surface area contributed by atoms with Crippen LogP contribution in [0.2, 0.25) is 0 Å². The molecule has 5 heteroatoms. The molecule has 0 aliphatic carbocycles. The minimum atomic E-state index is 0.635. The standard InChI is InChI=1S/C14H23N3O2/c1-3-8-15-14(17-10-12-18-4-2)16-9-7-13-6-5-11-19-13/h3,5-6,11H,1,4,7-10,12H2,2H3,(H2,15,16,17). The highest BCUT2D eigenvalue weighted by Gasteiger charge is 1.99. The van der Waals surface area contributed by atoms with Gasteiger partial charge in [0.1, 0.15) is 5.76 Å². The average molecular weight is 265 g/mol. The molecule has 0 spiro atoms. The molecule has 0 fully saturated rings. The fourth-order valence-electron chi connectivity index (χ4n) is 1.47. The molecular weight excluding hydrogens is 242 g/mol. The molecule has 0 atom stereocenters. The molecule has 0 unspecified atom stereocenters. The van der Waals surface area contributed by atoms with Gasteiger partial charge >= 0.3 is 0 Å². The SMILES string of the molecule is C=CCNC(=NCCOCC)NCCc1ccco1. The molecule has 19 heavy (non-hydrogen) atoms. The largest absolute Gasteiger partial charge is 0.469 e. The summed E-state index contributed by atoms with van der Waals surface area (Å²) >= 11 is 0. The third-order valence-corrected chi connectivity index (χ3v) is 2.37. The maximum absolute atomic E-state index is 5.27. The number of nitrogens with one attached hydrogen (secondary N) is 2. The van der Waals surface area contributed by atoms with Crippen LogP contribution in [-0.2, 0) is 11.2 Å². The lowest BCUT2D eigenvalue weighted by atomic mass is 10.3. The number of hydrogen-bond acceptors (Lipinski definition) is 3. The second-order valence-corrected chi connectivity index (χ2v) is 3.85. The van der Waals surface area contributed by atoms with E-state index in [1.165, 1.54) is 0 Å². The van der Waals surface area contributed by atoms with Crippen molar-refractivity contribution in [1.29, 1.82) is 0 Å². The summed E-state index contributed by atoms with van der Waals surface area (Å²) in [4.78, 5) is 4.41. The number of hydrogen-bond donors (Lipinski definition) is 2. The zero-order valence-corrected chi connectivity index (χ0v) is 11.5. The summed E-state index contributed by atoms with van der Waals surface area (Å²) < 4.78 is 10.5. The van der Waals surface area contributed by atoms with E-state index in [2.05, 4.69) is 22.2 Å². The summed E-state index contributed by atoms with van der Waals surface area (Å²) in [5, 5.41) is 6.41. The van der Waals surface area contributed by atoms with E-state index in [1.807, 2.05) is 19.1 Å². The van der Waals surface area contributed by atoms with Gasteiger partial charge in [-0.15, -0.1) is 6.58 Å². The topological polar surface area (TPSA) is 58.8 Å². The number of nitrogens with zero attached hydrogens (tertiary/aromatic N) is 1. The van der Waals surface area contributed by atoms with E-state index in [1.54, 1.807) is 12.3 Å². The van der Waals surface area contributed by atoms with Crippen LogP contribution in [0.5, 0.6) is 0 Å². The molecule has 1 aromatic heterocycles. The van der Waals surface area contributed by atoms with Crippen molar-refractivity contribution < 1.29 is 9.15 Å². The molecule has 0 bridgehead atoms. The van der Waals surface area contributed by atoms with Crippen LogP contribution >= 0.6 is 0 Å². The number of rotatable bonds is 9. The fraction of sp³-hybridized carbons (Fsp3) is 0.500. The van der Waals surface area contributed by atoms with E-state index in [-0.39, 0.29) is 0 Å². The summed E-state index contributed by atoms with van der Waals surface area (Å²) in [6.45, 7) is 9.10. The van der Waals surface area contributed by atoms with Crippen molar-refractivity contribution in [1.82, 2.24) is 10.6 Å². The third kappa shape index (κ3) is 7.31. The lowest BCUT2D eigenvalue weighted by molar-refractivity contribution is 0.155. The van der Waals surface area contributed by atoms with Crippen LogP contribution in [0.4, 0.5) is 0 Å². The van der Waals surface area contributed by atoms with Gasteiger partial charge in [-0.1, -0.05) is 6.08 Å². The quantitative estimate of drug-likeness (QED) is 0.308. The Morgan fingerprint density at radius 3 is 3.11 bits per heavy atom. The van der Waals surface area contributed by atoms with Crippen molar-refractivity contribution in [3.63, 3.8) is 0 Å². The highest BCUT2D eigenvalue weighted by molar-refractivity contribution is 5.79. The van der Waals surface area contributed by atoms with Gasteiger partial charge in [0, 0.05) is 26.1 Å². The highest BCUT2D eigenvalue weighted by Crippen LogP contribution is 1.99. The van der Waals surface area contributed by atoms with Gasteiger partial charge in [0.25, 0.3) is 0 Å². The van der Waals surface area contributed by atoms with Crippen molar-refractivity contribution in [3.05, 3.63) is 36.8 Å². The van der Waals surface area contributed by atoms with Gasteiger partial charge < -0.3 is 19.8 Å². The Morgan fingerprint density at radius 2 is 2.42 bits per heavy atom. The first kappa shape index (κ1) is 15.3. The second-order valence-electron chi connectivity index (χ2n) is 3.85. The average Bonchev–Trinajstić information content (AvgIpc) is 2.93. The fourth-order valence-corrected chi connectivity index (χ4v) is 1.47. The van der Waals surface area contributed by atoms with Gasteiger partial charge in [-0.05, 0) is 19.1 Å². The van der Waals surface area contributed by atoms with E-state index >= 15 is 0 Å². The Morgan fingerprint density at radius 1 is 1.53 bits per heavy atom. The maximum Gasteiger partial charge on any atom is 0.191 e. The predicted molar refractivity (Wildman–Crippen MR) is 77.4 cm³/mol. The van der Waals surface area contributed by atoms with Crippen molar-refractivity contribution >= 4 is 5.96 Å². The number of aliphatic imine (C=N–C) groups is 1. The zero-order chi connectivity index (χ0) is 13.8. The van der Waals surface area contributed by atoms with Gasteiger partial charge in [0.2, 0.25) is 0 Å². The molecule has 1 rings (SSSR count). The molecule has 0 aliphatic rings. The monoisotopic (exact) mass is 265 g/mol. The Labute approximate surface area is 114 Å². The number of furan rings is 1. The number of ether oxygens (including phenoxy) is 1. The van der Waals surface area contributed by atoms with Crippen molar-refractivity contribution in [3.8, 4) is 0 Å². The molecule has 0 radical (unpaired) electrons. The first-order valence-corrected chi connectivity index (χ1v) is 6.60. The summed E-state index contributed by atoms with van der Waals surface area (Å²) in [7, 11) is 0. The lowest BCUT2D eigenvalue weighted by Gasteiger charge is -2.10. The molecule has 106 valence electrons. The summed E-state index contributed by atoms with van der Waals surface area (Å²) in [6, 6.07) is 3.85. The van der Waals surface area contributed by atoms with Crippen LogP contribution < -0.4 is 10.6 Å². The molecule has 1 heterocycles. The van der Waals surface area contributed by atoms with E-state index < -0.39 is 0 Å². The van der Waals surface area contributed by atoms with Gasteiger partial charge in [-0.2, -0.15) is 0 Å². The zero-order valence-electron chi connectivity index (χ0n) is 11.5. The Balaban J connectivity index is 2.28. The van der Waals surface area contributed by atoms with Crippen LogP contribution in [0.25, 0.3) is 0 Å². The van der Waals surface area contributed by atoms with E-state index in [0.29, 0.717) is 19.7 Å². The van der Waals surface area contributed by atoms with Crippen molar-refractivity contribution in [2.45, 2.75) is 13.3 Å². The molecule has 0 saturated heterocycles. The summed E-state index contributed by atoms with van der Waals surface area (Å²) in [5.74, 6) is 1.73. The van der Waals surface area contributed by atoms with Gasteiger partial charge in [0.15, 0.2) is 5.96 Å². The van der Waals surface area contributed by atoms with Gasteiger partial charge in [0.05, 0.1) is 19.4 Å². The molecular formula is C14H23N3O2. The molecule has 1 aromatic rings. The predicted octanol–water partition coefficient (Wildman–Crippen LogP) is 1.58. The van der Waals surface area contributed by atoms with Crippen LogP contribution in [-0.4, -0.2) is 38.8 Å². The summed E-state index contributed by atoms with van der Waals surface area (Å²) in [5.41, 5.74) is 0. The van der Waals surface area contributed by atoms with Gasteiger partial charge in [-0.25, -0.2) is 0 Å². The van der Waals surface area contributed by atoms with Crippen LogP contribution in [0.15, 0.2) is 40.5 Å². The third-order valence-electron chi connectivity index (χ3n) is 2.37. The first-order chi connectivity index (χ1) is 9.36. The molecule has 2 N–H and O–H groups in total. The number of guanidine groups is 1. The molecule has 0 amide bonds. The minimum absolute atomic E-state index is 0.635. The Kier molecular flexibility index (Phi) is 8.22. The van der Waals surface area contributed by atoms with Crippen molar-refractivity contribution in [2.75, 3.05) is 32.8 Å². The molecule has 0 saturated carbocycles. The Hall–Kier alpha value is -1.75. The lowest BCUT2D eigenvalue weighted by Crippen LogP contribution is -2.38. The van der Waals surface area contributed by atoms with E-state index in [9.17, 15) is 0 Å². The van der Waals surface area contributed by atoms with E-state index in [0.717, 1.165) is 31.3 Å².